The molecule has 0 aliphatic carbocycles. The normalized spacial score (nSPS) is 21.2. The molecule has 2 aliphatic heterocycles. The second-order valence-corrected chi connectivity index (χ2v) is 13.9. The molecule has 2 aromatic rings. The van der Waals surface area contributed by atoms with Gasteiger partial charge >= 0.3 is 14.2 Å². The van der Waals surface area contributed by atoms with Crippen LogP contribution in [0.4, 0.5) is 0 Å². The largest absolute Gasteiger partial charge is 0.496 e. The van der Waals surface area contributed by atoms with Crippen LogP contribution in [0.3, 0.4) is 0 Å². The summed E-state index contributed by atoms with van der Waals surface area (Å²) in [6.07, 6.45) is 3.57. The lowest BCUT2D eigenvalue weighted by Crippen LogP contribution is -2.41. The molecule has 4 rings (SSSR count). The van der Waals surface area contributed by atoms with E-state index in [0.29, 0.717) is 5.69 Å². The standard InChI is InChI=1S/C15H24BNO2.C14H22BNO3.ClH/c1-13(2,3)12-9-8-11(10-17-12)16-18-14(4,5)15(6,7)19-16;1-12(2,17)11-8-7-10(9-16-11)15-18-13(3,4)14(5,6)19-15;/h8-10H,1-7H3;7-9,17H,1-6H3;1H/i13+2;12+2;. The SMILES string of the molecule is CC1(C)OB(c2ccc([14C](C)(C)C)nc2)OC1(C)C.CC1(C)OB(c2ccc([14C](C)(C)O)nc2)OC1(C)C.Cl. The Labute approximate surface area is 242 Å². The molecule has 0 radical (unpaired) electrons. The fraction of sp³-hybridized carbons (Fsp3) is 0.655. The van der Waals surface area contributed by atoms with E-state index in [-0.39, 0.29) is 47.3 Å². The molecule has 0 spiro atoms. The molecule has 2 fully saturated rings. The molecule has 7 nitrogen and oxygen atoms in total. The van der Waals surface area contributed by atoms with Crippen molar-refractivity contribution in [1.82, 2.24) is 9.97 Å². The highest BCUT2D eigenvalue weighted by atomic mass is 35.5. The Balaban J connectivity index is 0.000000267. The Bertz CT molecular complexity index is 987. The molecule has 2 aromatic heterocycles. The highest BCUT2D eigenvalue weighted by molar-refractivity contribution is 6.62. The maximum absolute atomic E-state index is 9.89. The van der Waals surface area contributed by atoms with E-state index in [2.05, 4.69) is 70.6 Å². The van der Waals surface area contributed by atoms with E-state index in [9.17, 15) is 5.11 Å². The number of hydrogen-bond acceptors (Lipinski definition) is 7. The lowest BCUT2D eigenvalue weighted by molar-refractivity contribution is 0.00578. The van der Waals surface area contributed by atoms with Gasteiger partial charge in [-0.25, -0.2) is 0 Å². The summed E-state index contributed by atoms with van der Waals surface area (Å²) < 4.78 is 23.9. The van der Waals surface area contributed by atoms with E-state index in [1.54, 1.807) is 26.1 Å². The quantitative estimate of drug-likeness (QED) is 0.541. The molecule has 0 atom stereocenters. The summed E-state index contributed by atoms with van der Waals surface area (Å²) >= 11 is 0. The van der Waals surface area contributed by atoms with Crippen LogP contribution >= 0.6 is 12.4 Å². The third-order valence-electron chi connectivity index (χ3n) is 8.02. The van der Waals surface area contributed by atoms with Crippen molar-refractivity contribution in [1.29, 1.82) is 0 Å². The Kier molecular flexibility index (Phi) is 9.57. The number of nitrogens with zero attached hydrogens (tertiary/aromatic N) is 2. The first-order chi connectivity index (χ1) is 17.1. The Hall–Kier alpha value is -1.48. The van der Waals surface area contributed by atoms with Crippen LogP contribution in [0.2, 0.25) is 0 Å². The molecular formula is C29H47B2ClN2O5. The number of hydrogen-bond donors (Lipinski definition) is 1. The minimum atomic E-state index is -0.936. The first-order valence-corrected chi connectivity index (χ1v) is 13.4. The zero-order chi connectivity index (χ0) is 28.9. The summed E-state index contributed by atoms with van der Waals surface area (Å²) in [6.45, 7) is 26.2. The molecule has 10 heteroatoms. The Morgan fingerprint density at radius 1 is 0.590 bits per heavy atom. The van der Waals surface area contributed by atoms with Crippen molar-refractivity contribution in [3.05, 3.63) is 48.0 Å². The zero-order valence-corrected chi connectivity index (χ0v) is 26.8. The monoisotopic (exact) mass is 564 g/mol. The number of pyridine rings is 2. The summed E-state index contributed by atoms with van der Waals surface area (Å²) in [6, 6.07) is 7.80. The molecule has 2 aliphatic rings. The van der Waals surface area contributed by atoms with Gasteiger partial charge in [-0.05, 0) is 81.4 Å². The smallest absolute Gasteiger partial charge is 0.399 e. The van der Waals surface area contributed by atoms with E-state index >= 15 is 0 Å². The van der Waals surface area contributed by atoms with Gasteiger partial charge < -0.3 is 23.7 Å². The maximum Gasteiger partial charge on any atom is 0.496 e. The predicted molar refractivity (Wildman–Crippen MR) is 161 cm³/mol. The van der Waals surface area contributed by atoms with Gasteiger partial charge in [-0.3, -0.25) is 9.97 Å². The summed E-state index contributed by atoms with van der Waals surface area (Å²) in [5.74, 6) is 0. The predicted octanol–water partition coefficient (Wildman–Crippen LogP) is 4.71. The lowest BCUT2D eigenvalue weighted by atomic mass is 9.80. The molecule has 216 valence electrons. The lowest BCUT2D eigenvalue weighted by Gasteiger charge is -2.32. The number of rotatable bonds is 3. The van der Waals surface area contributed by atoms with E-state index in [1.807, 2.05) is 40.0 Å². The van der Waals surface area contributed by atoms with E-state index in [1.165, 1.54) is 0 Å². The van der Waals surface area contributed by atoms with Gasteiger partial charge in [0.15, 0.2) is 0 Å². The average molecular weight is 565 g/mol. The highest BCUT2D eigenvalue weighted by Gasteiger charge is 2.52. The van der Waals surface area contributed by atoms with Crippen molar-refractivity contribution < 1.29 is 23.7 Å². The second-order valence-electron chi connectivity index (χ2n) is 13.9. The summed E-state index contributed by atoms with van der Waals surface area (Å²) in [5, 5.41) is 9.89. The van der Waals surface area contributed by atoms with Crippen molar-refractivity contribution in [2.45, 2.75) is 123 Å². The molecule has 0 saturated carbocycles. The molecule has 0 aromatic carbocycles. The van der Waals surface area contributed by atoms with Crippen LogP contribution in [0, 0.1) is 0 Å². The Morgan fingerprint density at radius 2 is 0.897 bits per heavy atom. The van der Waals surface area contributed by atoms with Crippen molar-refractivity contribution >= 4 is 37.6 Å². The molecule has 1 N–H and O–H groups in total. The van der Waals surface area contributed by atoms with Crippen molar-refractivity contribution in [3.8, 4) is 0 Å². The van der Waals surface area contributed by atoms with Crippen LogP contribution in [0.1, 0.15) is 101 Å². The van der Waals surface area contributed by atoms with Crippen LogP contribution in [0.15, 0.2) is 36.7 Å². The van der Waals surface area contributed by atoms with Gasteiger partial charge in [-0.1, -0.05) is 32.9 Å². The number of halogens is 1. The summed E-state index contributed by atoms with van der Waals surface area (Å²) in [4.78, 5) is 8.81. The molecular weight excluding hydrogens is 517 g/mol. The zero-order valence-electron chi connectivity index (χ0n) is 26.0. The summed E-state index contributed by atoms with van der Waals surface area (Å²) in [7, 11) is -0.736. The fourth-order valence-electron chi connectivity index (χ4n) is 3.85. The maximum atomic E-state index is 9.89. The fourth-order valence-corrected chi connectivity index (χ4v) is 3.85. The van der Waals surface area contributed by atoms with Crippen LogP contribution in [-0.4, -0.2) is 51.7 Å². The van der Waals surface area contributed by atoms with E-state index < -0.39 is 12.7 Å². The molecule has 0 bridgehead atoms. The number of aliphatic hydroxyl groups is 1. The van der Waals surface area contributed by atoms with Gasteiger partial charge in [-0.2, -0.15) is 0 Å². The van der Waals surface area contributed by atoms with Gasteiger partial charge in [0.25, 0.3) is 0 Å². The third kappa shape index (κ3) is 7.43. The van der Waals surface area contributed by atoms with Crippen molar-refractivity contribution in [2.24, 2.45) is 0 Å². The minimum Gasteiger partial charge on any atom is -0.399 e. The molecule has 4 heterocycles. The van der Waals surface area contributed by atoms with Gasteiger partial charge in [0.05, 0.1) is 28.1 Å². The molecule has 2 saturated heterocycles. The van der Waals surface area contributed by atoms with Crippen LogP contribution in [0.5, 0.6) is 0 Å². The minimum absolute atomic E-state index is 0. The van der Waals surface area contributed by atoms with Gasteiger partial charge in [0.2, 0.25) is 0 Å². The molecule has 0 amide bonds. The number of aromatic nitrogens is 2. The van der Waals surface area contributed by atoms with Crippen molar-refractivity contribution in [3.63, 3.8) is 0 Å². The highest BCUT2D eigenvalue weighted by Crippen LogP contribution is 2.37. The van der Waals surface area contributed by atoms with Crippen molar-refractivity contribution in [2.75, 3.05) is 0 Å². The summed E-state index contributed by atoms with van der Waals surface area (Å²) in [5.41, 5.74) is 1.36. The van der Waals surface area contributed by atoms with Gasteiger partial charge in [0, 0.05) is 34.4 Å². The van der Waals surface area contributed by atoms with Crippen LogP contribution in [0.25, 0.3) is 0 Å². The first kappa shape index (κ1) is 33.7. The van der Waals surface area contributed by atoms with E-state index in [4.69, 9.17) is 18.6 Å². The Morgan fingerprint density at radius 3 is 1.13 bits per heavy atom. The third-order valence-corrected chi connectivity index (χ3v) is 8.02. The van der Waals surface area contributed by atoms with E-state index in [0.717, 1.165) is 16.6 Å². The second kappa shape index (κ2) is 11.1. The van der Waals surface area contributed by atoms with Gasteiger partial charge in [0.1, 0.15) is 5.60 Å². The van der Waals surface area contributed by atoms with Gasteiger partial charge in [-0.15, -0.1) is 12.4 Å². The molecule has 0 unspecified atom stereocenters. The first-order valence-electron chi connectivity index (χ1n) is 13.4. The average Bonchev–Trinajstić information content (AvgIpc) is 3.13. The van der Waals surface area contributed by atoms with Crippen LogP contribution < -0.4 is 10.9 Å². The topological polar surface area (TPSA) is 82.9 Å². The van der Waals surface area contributed by atoms with Crippen LogP contribution in [-0.2, 0) is 29.6 Å². The molecule has 39 heavy (non-hydrogen) atoms.